The summed E-state index contributed by atoms with van der Waals surface area (Å²) in [6.07, 6.45) is 21.3. The van der Waals surface area contributed by atoms with E-state index in [1.54, 1.807) is 38.1 Å². The van der Waals surface area contributed by atoms with E-state index in [2.05, 4.69) is 17.5 Å². The maximum Gasteiger partial charge on any atom is 0.411 e. The number of benzene rings is 1. The molecular weight excluding hydrogens is 450 g/mol. The summed E-state index contributed by atoms with van der Waals surface area (Å²) in [4.78, 5) is 21.5. The highest BCUT2D eigenvalue weighted by Gasteiger charge is 2.08. The maximum absolute atomic E-state index is 11.2. The number of aliphatic carboxylic acids is 1. The van der Waals surface area contributed by atoms with Crippen molar-refractivity contribution in [2.45, 2.75) is 110 Å². The van der Waals surface area contributed by atoms with Gasteiger partial charge in [0.2, 0.25) is 0 Å². The Morgan fingerprint density at radius 1 is 1.03 bits per heavy atom. The van der Waals surface area contributed by atoms with Gasteiger partial charge in [-0.1, -0.05) is 87.6 Å². The highest BCUT2D eigenvalue weighted by molar-refractivity contribution is 6.30. The van der Waals surface area contributed by atoms with E-state index in [0.29, 0.717) is 17.1 Å². The number of nitrogens with one attached hydrogen (secondary N) is 1. The number of amides is 1. The zero-order valence-electron chi connectivity index (χ0n) is 21.1. The summed E-state index contributed by atoms with van der Waals surface area (Å²) in [5.74, 6) is 0.235. The van der Waals surface area contributed by atoms with Crippen molar-refractivity contribution in [1.82, 2.24) is 0 Å². The van der Waals surface area contributed by atoms with Gasteiger partial charge < -0.3 is 9.84 Å². The van der Waals surface area contributed by atoms with Crippen molar-refractivity contribution in [3.8, 4) is 0 Å². The highest BCUT2D eigenvalue weighted by Crippen LogP contribution is 2.23. The molecule has 5 nitrogen and oxygen atoms in total. The first kappa shape index (κ1) is 30.0. The van der Waals surface area contributed by atoms with Crippen LogP contribution in [0.3, 0.4) is 0 Å². The molecule has 2 rings (SSSR count). The van der Waals surface area contributed by atoms with Crippen LogP contribution in [0.25, 0.3) is 0 Å². The summed E-state index contributed by atoms with van der Waals surface area (Å²) >= 11 is 5.74. The Kier molecular flexibility index (Phi) is 17.1. The minimum absolute atomic E-state index is 0.130. The molecule has 1 unspecified atom stereocenters. The largest absolute Gasteiger partial charge is 0.481 e. The second kappa shape index (κ2) is 19.3. The van der Waals surface area contributed by atoms with Crippen LogP contribution in [0.1, 0.15) is 104 Å². The molecule has 1 aliphatic rings. The van der Waals surface area contributed by atoms with Gasteiger partial charge >= 0.3 is 12.1 Å². The Balaban J connectivity index is 0.000000362. The average molecular weight is 494 g/mol. The smallest absolute Gasteiger partial charge is 0.411 e. The van der Waals surface area contributed by atoms with Crippen LogP contribution in [0.4, 0.5) is 10.5 Å². The molecule has 0 saturated carbocycles. The van der Waals surface area contributed by atoms with Crippen LogP contribution in [0.2, 0.25) is 5.02 Å². The molecule has 0 aromatic heterocycles. The Hall–Kier alpha value is -2.01. The minimum atomic E-state index is -0.655. The number of carbonyl (C=O) groups is 2. The van der Waals surface area contributed by atoms with Gasteiger partial charge in [0.05, 0.1) is 6.10 Å². The molecule has 2 N–H and O–H groups in total. The molecule has 0 aliphatic heterocycles. The summed E-state index contributed by atoms with van der Waals surface area (Å²) in [6, 6.07) is 6.89. The lowest BCUT2D eigenvalue weighted by atomic mass is 9.99. The minimum Gasteiger partial charge on any atom is -0.481 e. The van der Waals surface area contributed by atoms with Crippen LogP contribution >= 0.6 is 11.6 Å². The van der Waals surface area contributed by atoms with Gasteiger partial charge in [-0.05, 0) is 63.6 Å². The van der Waals surface area contributed by atoms with E-state index in [0.717, 1.165) is 18.8 Å². The first-order chi connectivity index (χ1) is 16.4. The summed E-state index contributed by atoms with van der Waals surface area (Å²) in [5.41, 5.74) is 0.628. The van der Waals surface area contributed by atoms with Gasteiger partial charge in [-0.25, -0.2) is 4.79 Å². The van der Waals surface area contributed by atoms with Crippen LogP contribution in [0.15, 0.2) is 36.4 Å². The lowest BCUT2D eigenvalue weighted by Crippen LogP contribution is -2.17. The van der Waals surface area contributed by atoms with Crippen molar-refractivity contribution in [2.24, 2.45) is 5.92 Å². The van der Waals surface area contributed by atoms with Crippen LogP contribution in [0, 0.1) is 5.92 Å². The van der Waals surface area contributed by atoms with E-state index in [9.17, 15) is 9.59 Å². The van der Waals surface area contributed by atoms with Crippen molar-refractivity contribution in [3.05, 3.63) is 41.4 Å². The molecule has 34 heavy (non-hydrogen) atoms. The first-order valence-electron chi connectivity index (χ1n) is 13.0. The summed E-state index contributed by atoms with van der Waals surface area (Å²) in [7, 11) is 0. The lowest BCUT2D eigenvalue weighted by molar-refractivity contribution is -0.137. The van der Waals surface area contributed by atoms with Crippen molar-refractivity contribution in [2.75, 3.05) is 5.32 Å². The van der Waals surface area contributed by atoms with Crippen molar-refractivity contribution in [3.63, 3.8) is 0 Å². The van der Waals surface area contributed by atoms with Crippen LogP contribution < -0.4 is 5.32 Å². The second-order valence-electron chi connectivity index (χ2n) is 9.32. The van der Waals surface area contributed by atoms with Gasteiger partial charge in [-0.2, -0.15) is 0 Å². The third-order valence-electron chi connectivity index (χ3n) is 5.74. The number of allylic oxidation sites excluding steroid dienone is 2. The van der Waals surface area contributed by atoms with Crippen molar-refractivity contribution >= 4 is 29.4 Å². The Bertz CT molecular complexity index is 720. The quantitative estimate of drug-likeness (QED) is 0.189. The number of unbranched alkanes of at least 4 members (excludes halogenated alkanes) is 9. The molecule has 0 spiro atoms. The molecular formula is C28H44ClNO4. The summed E-state index contributed by atoms with van der Waals surface area (Å²) < 4.78 is 4.90. The third-order valence-corrected chi connectivity index (χ3v) is 5.98. The van der Waals surface area contributed by atoms with Gasteiger partial charge in [0.1, 0.15) is 0 Å². The van der Waals surface area contributed by atoms with E-state index in [1.165, 1.54) is 70.6 Å². The fraction of sp³-hybridized carbons (Fsp3) is 0.643. The van der Waals surface area contributed by atoms with E-state index in [-0.39, 0.29) is 6.10 Å². The molecule has 1 aliphatic carbocycles. The standard InChI is InChI=1S/C18H32O2.C10H12ClNO2/c19-18(20)16-10-8-6-4-2-1-3-5-7-9-13-17-14-11-12-15-17;1-7(2)14-10(13)12-9-5-3-4-8(11)6-9/h11,14,17H,1-10,12-13,15-16H2,(H,19,20);3-7H,1-2H3,(H,12,13). The van der Waals surface area contributed by atoms with Crippen LogP contribution in [-0.4, -0.2) is 23.3 Å². The number of halogens is 1. The van der Waals surface area contributed by atoms with Gasteiger partial charge in [0, 0.05) is 17.1 Å². The number of rotatable bonds is 15. The van der Waals surface area contributed by atoms with Crippen LogP contribution in [-0.2, 0) is 9.53 Å². The first-order valence-corrected chi connectivity index (χ1v) is 13.4. The van der Waals surface area contributed by atoms with Gasteiger partial charge in [-0.3, -0.25) is 10.1 Å². The number of carboxylic acid groups (broad SMARTS) is 1. The number of hydrogen-bond donors (Lipinski definition) is 2. The highest BCUT2D eigenvalue weighted by atomic mass is 35.5. The van der Waals surface area contributed by atoms with Gasteiger partial charge in [-0.15, -0.1) is 0 Å². The predicted octanol–water partition coefficient (Wildman–Crippen LogP) is 9.02. The zero-order valence-corrected chi connectivity index (χ0v) is 21.8. The van der Waals surface area contributed by atoms with Crippen LogP contribution in [0.5, 0.6) is 0 Å². The van der Waals surface area contributed by atoms with Crippen molar-refractivity contribution < 1.29 is 19.4 Å². The predicted molar refractivity (Wildman–Crippen MR) is 142 cm³/mol. The Labute approximate surface area is 211 Å². The molecule has 0 saturated heterocycles. The molecule has 0 fully saturated rings. The molecule has 0 heterocycles. The molecule has 1 amide bonds. The molecule has 0 radical (unpaired) electrons. The number of anilines is 1. The van der Waals surface area contributed by atoms with E-state index < -0.39 is 12.1 Å². The number of ether oxygens (including phenoxy) is 1. The topological polar surface area (TPSA) is 75.6 Å². The normalized spacial score (nSPS) is 14.5. The fourth-order valence-electron chi connectivity index (χ4n) is 3.96. The van der Waals surface area contributed by atoms with E-state index in [1.807, 2.05) is 0 Å². The molecule has 1 aromatic carbocycles. The second-order valence-corrected chi connectivity index (χ2v) is 9.76. The Morgan fingerprint density at radius 2 is 1.65 bits per heavy atom. The lowest BCUT2D eigenvalue weighted by Gasteiger charge is -2.09. The number of carbonyl (C=O) groups excluding carboxylic acids is 1. The molecule has 1 atom stereocenters. The fourth-order valence-corrected chi connectivity index (χ4v) is 4.15. The molecule has 1 aromatic rings. The summed E-state index contributed by atoms with van der Waals surface area (Å²) in [6.45, 7) is 3.58. The van der Waals surface area contributed by atoms with Gasteiger partial charge in [0.15, 0.2) is 0 Å². The number of carboxylic acids is 1. The SMILES string of the molecule is CC(C)OC(=O)Nc1cccc(Cl)c1.O=C(O)CCCCCCCCCCCCC1C=CCC1. The average Bonchev–Trinajstić information content (AvgIpc) is 3.28. The molecule has 192 valence electrons. The van der Waals surface area contributed by atoms with E-state index in [4.69, 9.17) is 21.4 Å². The van der Waals surface area contributed by atoms with Crippen molar-refractivity contribution in [1.29, 1.82) is 0 Å². The Morgan fingerprint density at radius 3 is 2.18 bits per heavy atom. The number of hydrogen-bond acceptors (Lipinski definition) is 3. The molecule has 0 bridgehead atoms. The van der Waals surface area contributed by atoms with E-state index >= 15 is 0 Å². The monoisotopic (exact) mass is 493 g/mol. The summed E-state index contributed by atoms with van der Waals surface area (Å²) in [5, 5.41) is 11.7. The zero-order chi connectivity index (χ0) is 25.0. The third kappa shape index (κ3) is 17.5. The maximum atomic E-state index is 11.2. The molecule has 6 heteroatoms. The van der Waals surface area contributed by atoms with Gasteiger partial charge in [0.25, 0.3) is 0 Å².